The SMILES string of the molecule is COC(=O)CCCNC(=S)NNC(=O)COc1ccccc1F. The first-order chi connectivity index (χ1) is 11.0. The van der Waals surface area contributed by atoms with Gasteiger partial charge in [-0.05, 0) is 30.8 Å². The van der Waals surface area contributed by atoms with E-state index in [9.17, 15) is 14.0 Å². The summed E-state index contributed by atoms with van der Waals surface area (Å²) in [5.74, 6) is -1.38. The number of amides is 1. The third-order valence-corrected chi connectivity index (χ3v) is 2.83. The summed E-state index contributed by atoms with van der Waals surface area (Å²) in [5, 5.41) is 2.99. The minimum absolute atomic E-state index is 0.00818. The number of hydrogen-bond donors (Lipinski definition) is 3. The van der Waals surface area contributed by atoms with Crippen molar-refractivity contribution in [1.82, 2.24) is 16.2 Å². The molecule has 0 aliphatic heterocycles. The lowest BCUT2D eigenvalue weighted by Gasteiger charge is -2.12. The molecule has 0 heterocycles. The van der Waals surface area contributed by atoms with E-state index >= 15 is 0 Å². The van der Waals surface area contributed by atoms with Crippen LogP contribution in [0.4, 0.5) is 4.39 Å². The van der Waals surface area contributed by atoms with Crippen LogP contribution in [-0.4, -0.2) is 37.3 Å². The van der Waals surface area contributed by atoms with E-state index in [2.05, 4.69) is 20.9 Å². The zero-order chi connectivity index (χ0) is 17.1. The standard InChI is InChI=1S/C14H18FN3O4S/c1-21-13(20)7-4-8-16-14(23)18-17-12(19)9-22-11-6-3-2-5-10(11)15/h2-3,5-6H,4,7-9H2,1H3,(H,17,19)(H2,16,18,23). The van der Waals surface area contributed by atoms with Crippen molar-refractivity contribution in [3.8, 4) is 5.75 Å². The molecule has 0 aliphatic carbocycles. The second kappa shape index (κ2) is 10.3. The van der Waals surface area contributed by atoms with E-state index in [-0.39, 0.29) is 29.9 Å². The molecule has 3 N–H and O–H groups in total. The van der Waals surface area contributed by atoms with Crippen LogP contribution < -0.4 is 20.9 Å². The number of rotatable bonds is 7. The van der Waals surface area contributed by atoms with Gasteiger partial charge in [-0.3, -0.25) is 20.4 Å². The normalized spacial score (nSPS) is 9.65. The molecule has 23 heavy (non-hydrogen) atoms. The molecule has 7 nitrogen and oxygen atoms in total. The fourth-order valence-electron chi connectivity index (χ4n) is 1.45. The molecule has 0 bridgehead atoms. The Morgan fingerprint density at radius 1 is 1.26 bits per heavy atom. The molecule has 126 valence electrons. The summed E-state index contributed by atoms with van der Waals surface area (Å²) >= 11 is 4.92. The van der Waals surface area contributed by atoms with Crippen LogP contribution in [0.1, 0.15) is 12.8 Å². The molecule has 0 aliphatic rings. The smallest absolute Gasteiger partial charge is 0.305 e. The molecule has 1 amide bonds. The highest BCUT2D eigenvalue weighted by Crippen LogP contribution is 2.14. The van der Waals surface area contributed by atoms with Gasteiger partial charge in [0.05, 0.1) is 7.11 Å². The highest BCUT2D eigenvalue weighted by Gasteiger charge is 2.06. The van der Waals surface area contributed by atoms with Gasteiger partial charge in [0.25, 0.3) is 5.91 Å². The highest BCUT2D eigenvalue weighted by molar-refractivity contribution is 7.80. The maximum absolute atomic E-state index is 13.3. The maximum atomic E-state index is 13.3. The van der Waals surface area contributed by atoms with Gasteiger partial charge in [0.15, 0.2) is 23.3 Å². The second-order valence-electron chi connectivity index (χ2n) is 4.33. The summed E-state index contributed by atoms with van der Waals surface area (Å²) in [7, 11) is 1.32. The number of esters is 1. The molecule has 0 unspecified atom stereocenters. The van der Waals surface area contributed by atoms with E-state index < -0.39 is 11.7 Å². The zero-order valence-corrected chi connectivity index (χ0v) is 13.4. The lowest BCUT2D eigenvalue weighted by Crippen LogP contribution is -2.48. The summed E-state index contributed by atoms with van der Waals surface area (Å²) in [4.78, 5) is 22.4. The monoisotopic (exact) mass is 343 g/mol. The predicted octanol–water partition coefficient (Wildman–Crippen LogP) is 0.653. The number of carbonyl (C=O) groups is 2. The Morgan fingerprint density at radius 3 is 2.70 bits per heavy atom. The first-order valence-electron chi connectivity index (χ1n) is 6.79. The molecule has 0 aromatic heterocycles. The number of halogens is 1. The average Bonchev–Trinajstić information content (AvgIpc) is 2.55. The van der Waals surface area contributed by atoms with Gasteiger partial charge in [-0.15, -0.1) is 0 Å². The van der Waals surface area contributed by atoms with E-state index in [1.807, 2.05) is 0 Å². The van der Waals surface area contributed by atoms with Crippen molar-refractivity contribution in [3.05, 3.63) is 30.1 Å². The Labute approximate surface area is 138 Å². The minimum Gasteiger partial charge on any atom is -0.481 e. The van der Waals surface area contributed by atoms with Gasteiger partial charge in [0, 0.05) is 13.0 Å². The fraction of sp³-hybridized carbons (Fsp3) is 0.357. The largest absolute Gasteiger partial charge is 0.481 e. The topological polar surface area (TPSA) is 88.7 Å². The van der Waals surface area contributed by atoms with Crippen LogP contribution in [0.15, 0.2) is 24.3 Å². The fourth-order valence-corrected chi connectivity index (χ4v) is 1.60. The van der Waals surface area contributed by atoms with E-state index in [0.29, 0.717) is 13.0 Å². The lowest BCUT2D eigenvalue weighted by molar-refractivity contribution is -0.140. The molecule has 0 saturated heterocycles. The highest BCUT2D eigenvalue weighted by atomic mass is 32.1. The van der Waals surface area contributed by atoms with Crippen LogP contribution in [0, 0.1) is 5.82 Å². The van der Waals surface area contributed by atoms with Gasteiger partial charge in [0.2, 0.25) is 0 Å². The molecular weight excluding hydrogens is 325 g/mol. The van der Waals surface area contributed by atoms with E-state index in [0.717, 1.165) is 0 Å². The van der Waals surface area contributed by atoms with E-state index in [4.69, 9.17) is 17.0 Å². The van der Waals surface area contributed by atoms with Crippen LogP contribution in [0.25, 0.3) is 0 Å². The van der Waals surface area contributed by atoms with Crippen molar-refractivity contribution in [3.63, 3.8) is 0 Å². The van der Waals surface area contributed by atoms with Crippen molar-refractivity contribution in [2.24, 2.45) is 0 Å². The predicted molar refractivity (Wildman–Crippen MR) is 85.0 cm³/mol. The zero-order valence-electron chi connectivity index (χ0n) is 12.6. The molecular formula is C14H18FN3O4S. The molecule has 1 aromatic rings. The van der Waals surface area contributed by atoms with Crippen molar-refractivity contribution in [1.29, 1.82) is 0 Å². The number of para-hydroxylation sites is 1. The lowest BCUT2D eigenvalue weighted by atomic mass is 10.3. The maximum Gasteiger partial charge on any atom is 0.305 e. The quantitative estimate of drug-likeness (QED) is 0.290. The van der Waals surface area contributed by atoms with Crippen molar-refractivity contribution >= 4 is 29.2 Å². The first kappa shape index (κ1) is 18.6. The summed E-state index contributed by atoms with van der Waals surface area (Å²) in [5.41, 5.74) is 4.77. The number of hydrogen-bond acceptors (Lipinski definition) is 5. The van der Waals surface area contributed by atoms with Crippen LogP contribution in [0.3, 0.4) is 0 Å². The van der Waals surface area contributed by atoms with Gasteiger partial charge in [-0.25, -0.2) is 4.39 Å². The van der Waals surface area contributed by atoms with E-state index in [1.165, 1.54) is 25.3 Å². The summed E-state index contributed by atoms with van der Waals surface area (Å²) in [6, 6.07) is 5.78. The molecule has 0 radical (unpaired) electrons. The van der Waals surface area contributed by atoms with Crippen molar-refractivity contribution in [2.75, 3.05) is 20.3 Å². The Bertz CT molecular complexity index is 557. The van der Waals surface area contributed by atoms with Gasteiger partial charge >= 0.3 is 5.97 Å². The van der Waals surface area contributed by atoms with Crippen molar-refractivity contribution in [2.45, 2.75) is 12.8 Å². The Balaban J connectivity index is 2.14. The number of ether oxygens (including phenoxy) is 2. The van der Waals surface area contributed by atoms with Gasteiger partial charge in [0.1, 0.15) is 0 Å². The van der Waals surface area contributed by atoms with Gasteiger partial charge in [-0.2, -0.15) is 0 Å². The summed E-state index contributed by atoms with van der Waals surface area (Å²) < 4.78 is 22.8. The third kappa shape index (κ3) is 7.96. The molecule has 1 rings (SSSR count). The van der Waals surface area contributed by atoms with E-state index in [1.54, 1.807) is 6.07 Å². The summed E-state index contributed by atoms with van der Waals surface area (Å²) in [6.07, 6.45) is 0.813. The number of benzene rings is 1. The molecule has 9 heteroatoms. The number of thiocarbonyl (C=S) groups is 1. The second-order valence-corrected chi connectivity index (χ2v) is 4.74. The summed E-state index contributed by atoms with van der Waals surface area (Å²) in [6.45, 7) is 0.0847. The Hall–Kier alpha value is -2.42. The van der Waals surface area contributed by atoms with Crippen molar-refractivity contribution < 1.29 is 23.5 Å². The van der Waals surface area contributed by atoms with Gasteiger partial charge < -0.3 is 14.8 Å². The van der Waals surface area contributed by atoms with Gasteiger partial charge in [-0.1, -0.05) is 12.1 Å². The number of hydrazine groups is 1. The first-order valence-corrected chi connectivity index (χ1v) is 7.20. The van der Waals surface area contributed by atoms with Crippen LogP contribution in [-0.2, 0) is 14.3 Å². The Kier molecular flexibility index (Phi) is 8.37. The number of carbonyl (C=O) groups excluding carboxylic acids is 2. The third-order valence-electron chi connectivity index (χ3n) is 2.58. The average molecular weight is 343 g/mol. The number of nitrogens with one attached hydrogen (secondary N) is 3. The number of methoxy groups -OCH3 is 1. The van der Waals surface area contributed by atoms with Crippen LogP contribution in [0.5, 0.6) is 5.75 Å². The molecule has 1 aromatic carbocycles. The molecule has 0 saturated carbocycles. The van der Waals surface area contributed by atoms with Crippen LogP contribution in [0.2, 0.25) is 0 Å². The molecule has 0 atom stereocenters. The van der Waals surface area contributed by atoms with Crippen LogP contribution >= 0.6 is 12.2 Å². The minimum atomic E-state index is -0.545. The molecule has 0 spiro atoms. The Morgan fingerprint density at radius 2 is 2.00 bits per heavy atom. The molecule has 0 fully saturated rings.